The van der Waals surface area contributed by atoms with Crippen molar-refractivity contribution in [2.24, 2.45) is 10.1 Å². The Kier molecular flexibility index (Phi) is 7.35. The maximum absolute atomic E-state index is 12.9. The Morgan fingerprint density at radius 1 is 1.03 bits per heavy atom. The predicted molar refractivity (Wildman–Crippen MR) is 143 cm³/mol. The SMILES string of the molecule is CC(=Nn1c(-c2ccc(Br)cc2)csc1=Nc1ccc(S(=O)(=O)N2CCOCC2)cc1)c1ccco1. The molecule has 0 saturated carbocycles. The Morgan fingerprint density at radius 3 is 2.42 bits per heavy atom. The van der Waals surface area contributed by atoms with E-state index >= 15 is 0 Å². The summed E-state index contributed by atoms with van der Waals surface area (Å²) in [5.41, 5.74) is 3.19. The summed E-state index contributed by atoms with van der Waals surface area (Å²) in [5, 5.41) is 6.80. The highest BCUT2D eigenvalue weighted by Gasteiger charge is 2.26. The van der Waals surface area contributed by atoms with Crippen molar-refractivity contribution in [1.29, 1.82) is 0 Å². The van der Waals surface area contributed by atoms with Crippen molar-refractivity contribution in [2.75, 3.05) is 26.3 Å². The first kappa shape index (κ1) is 24.8. The molecule has 8 nitrogen and oxygen atoms in total. The molecule has 11 heteroatoms. The Balaban J connectivity index is 1.54. The lowest BCUT2D eigenvalue weighted by Gasteiger charge is -2.26. The molecule has 1 fully saturated rings. The van der Waals surface area contributed by atoms with Gasteiger partial charge in [0.25, 0.3) is 0 Å². The number of benzene rings is 2. The first-order valence-corrected chi connectivity index (χ1v) is 14.3. The van der Waals surface area contributed by atoms with Crippen LogP contribution in [0.15, 0.2) is 96.2 Å². The number of hydrogen-bond donors (Lipinski definition) is 0. The molecule has 2 aromatic carbocycles. The molecule has 0 unspecified atom stereocenters. The molecule has 0 bridgehead atoms. The highest BCUT2D eigenvalue weighted by atomic mass is 79.9. The molecule has 36 heavy (non-hydrogen) atoms. The lowest BCUT2D eigenvalue weighted by Crippen LogP contribution is -2.40. The maximum atomic E-state index is 12.9. The second kappa shape index (κ2) is 10.7. The average molecular weight is 588 g/mol. The number of furan rings is 1. The lowest BCUT2D eigenvalue weighted by molar-refractivity contribution is 0.0730. The highest BCUT2D eigenvalue weighted by Crippen LogP contribution is 2.24. The minimum atomic E-state index is -3.56. The van der Waals surface area contributed by atoms with Crippen LogP contribution in [0, 0.1) is 0 Å². The second-order valence-corrected chi connectivity index (χ2v) is 11.7. The molecule has 1 saturated heterocycles. The predicted octanol–water partition coefficient (Wildman–Crippen LogP) is 5.10. The van der Waals surface area contributed by atoms with Crippen LogP contribution in [0.4, 0.5) is 5.69 Å². The summed E-state index contributed by atoms with van der Waals surface area (Å²) in [6.45, 7) is 3.41. The Hall–Kier alpha value is -2.83. The van der Waals surface area contributed by atoms with Crippen LogP contribution in [-0.4, -0.2) is 49.4 Å². The van der Waals surface area contributed by atoms with E-state index in [1.165, 1.54) is 15.6 Å². The van der Waals surface area contributed by atoms with Crippen LogP contribution in [-0.2, 0) is 14.8 Å². The monoisotopic (exact) mass is 586 g/mol. The van der Waals surface area contributed by atoms with Gasteiger partial charge in [-0.2, -0.15) is 9.41 Å². The van der Waals surface area contributed by atoms with E-state index in [0.717, 1.165) is 15.7 Å². The maximum Gasteiger partial charge on any atom is 0.243 e. The Morgan fingerprint density at radius 2 is 1.75 bits per heavy atom. The lowest BCUT2D eigenvalue weighted by atomic mass is 10.2. The number of sulfonamides is 1. The molecule has 1 aliphatic rings. The summed E-state index contributed by atoms with van der Waals surface area (Å²) < 4.78 is 40.9. The molecule has 0 amide bonds. The van der Waals surface area contributed by atoms with Crippen LogP contribution in [0.5, 0.6) is 0 Å². The fourth-order valence-electron chi connectivity index (χ4n) is 3.72. The van der Waals surface area contributed by atoms with Crippen molar-refractivity contribution in [2.45, 2.75) is 11.8 Å². The third kappa shape index (κ3) is 5.30. The van der Waals surface area contributed by atoms with E-state index in [9.17, 15) is 8.42 Å². The summed E-state index contributed by atoms with van der Waals surface area (Å²) in [5.74, 6) is 0.666. The van der Waals surface area contributed by atoms with Crippen LogP contribution in [0.25, 0.3) is 11.3 Å². The summed E-state index contributed by atoms with van der Waals surface area (Å²) in [6.07, 6.45) is 1.61. The topological polar surface area (TPSA) is 89.4 Å². The number of hydrogen-bond acceptors (Lipinski definition) is 7. The molecule has 0 spiro atoms. The van der Waals surface area contributed by atoms with Gasteiger partial charge in [-0.3, -0.25) is 0 Å². The minimum absolute atomic E-state index is 0.240. The van der Waals surface area contributed by atoms with Crippen molar-refractivity contribution in [3.8, 4) is 11.3 Å². The minimum Gasteiger partial charge on any atom is -0.463 e. The van der Waals surface area contributed by atoms with Crippen LogP contribution in [0.3, 0.4) is 0 Å². The van der Waals surface area contributed by atoms with Gasteiger partial charge in [0.1, 0.15) is 11.5 Å². The Bertz CT molecular complexity index is 1530. The summed E-state index contributed by atoms with van der Waals surface area (Å²) >= 11 is 4.93. The van der Waals surface area contributed by atoms with Crippen molar-refractivity contribution in [3.63, 3.8) is 0 Å². The van der Waals surface area contributed by atoms with Gasteiger partial charge in [0.2, 0.25) is 14.8 Å². The van der Waals surface area contributed by atoms with Gasteiger partial charge in [0, 0.05) is 28.5 Å². The van der Waals surface area contributed by atoms with Crippen LogP contribution < -0.4 is 4.80 Å². The molecule has 4 aromatic rings. The van der Waals surface area contributed by atoms with Gasteiger partial charge in [-0.15, -0.1) is 11.3 Å². The molecule has 0 atom stereocenters. The molecule has 1 aliphatic heterocycles. The van der Waals surface area contributed by atoms with Gasteiger partial charge in [-0.1, -0.05) is 28.1 Å². The van der Waals surface area contributed by atoms with Crippen molar-refractivity contribution in [1.82, 2.24) is 8.98 Å². The molecule has 5 rings (SSSR count). The van der Waals surface area contributed by atoms with Crippen molar-refractivity contribution in [3.05, 3.63) is 87.3 Å². The molecular weight excluding hydrogens is 564 g/mol. The largest absolute Gasteiger partial charge is 0.463 e. The molecule has 0 N–H and O–H groups in total. The third-order valence-electron chi connectivity index (χ3n) is 5.62. The van der Waals surface area contributed by atoms with Gasteiger partial charge in [0.05, 0.1) is 35.8 Å². The number of thiazole rings is 1. The molecule has 0 aliphatic carbocycles. The highest BCUT2D eigenvalue weighted by molar-refractivity contribution is 9.10. The molecular formula is C25H23BrN4O4S2. The second-order valence-electron chi connectivity index (χ2n) is 8.01. The molecule has 2 aromatic heterocycles. The first-order valence-electron chi connectivity index (χ1n) is 11.2. The fourth-order valence-corrected chi connectivity index (χ4v) is 6.24. The first-order chi connectivity index (χ1) is 17.4. The zero-order valence-corrected chi connectivity index (χ0v) is 22.6. The summed E-state index contributed by atoms with van der Waals surface area (Å²) in [4.78, 5) is 5.66. The Labute approximate surface area is 221 Å². The normalized spacial score (nSPS) is 15.9. The average Bonchev–Trinajstić information content (AvgIpc) is 3.57. The standard InChI is InChI=1S/C25H23BrN4O4S2/c1-18(24-3-2-14-34-24)28-30-23(19-4-6-20(26)7-5-19)17-35-25(30)27-21-8-10-22(11-9-21)36(31,32)29-12-15-33-16-13-29/h2-11,14,17H,12-13,15-16H2,1H3. The fraction of sp³-hybridized carbons (Fsp3) is 0.200. The molecule has 186 valence electrons. The van der Waals surface area contributed by atoms with E-state index in [1.54, 1.807) is 35.2 Å². The van der Waals surface area contributed by atoms with Gasteiger partial charge in [-0.25, -0.2) is 18.1 Å². The van der Waals surface area contributed by atoms with E-state index in [0.29, 0.717) is 48.3 Å². The number of aromatic nitrogens is 1. The molecule has 3 heterocycles. The van der Waals surface area contributed by atoms with Gasteiger partial charge < -0.3 is 9.15 Å². The van der Waals surface area contributed by atoms with Gasteiger partial charge >= 0.3 is 0 Å². The van der Waals surface area contributed by atoms with Crippen molar-refractivity contribution >= 4 is 48.7 Å². The van der Waals surface area contributed by atoms with E-state index in [2.05, 4.69) is 15.9 Å². The number of halogens is 1. The number of nitrogens with zero attached hydrogens (tertiary/aromatic N) is 4. The van der Waals surface area contributed by atoms with Gasteiger partial charge in [0.15, 0.2) is 0 Å². The number of ether oxygens (including phenoxy) is 1. The number of morpholine rings is 1. The van der Waals surface area contributed by atoms with Crippen molar-refractivity contribution < 1.29 is 17.6 Å². The van der Waals surface area contributed by atoms with E-state index in [1.807, 2.05) is 48.7 Å². The summed E-state index contributed by atoms with van der Waals surface area (Å²) in [6, 6.07) is 18.2. The van der Waals surface area contributed by atoms with Crippen LogP contribution in [0.2, 0.25) is 0 Å². The summed E-state index contributed by atoms with van der Waals surface area (Å²) in [7, 11) is -3.56. The zero-order valence-electron chi connectivity index (χ0n) is 19.4. The molecule has 0 radical (unpaired) electrons. The third-order valence-corrected chi connectivity index (χ3v) is 8.88. The number of rotatable bonds is 6. The smallest absolute Gasteiger partial charge is 0.243 e. The van der Waals surface area contributed by atoms with E-state index < -0.39 is 10.0 Å². The van der Waals surface area contributed by atoms with Gasteiger partial charge in [-0.05, 0) is 55.5 Å². The van der Waals surface area contributed by atoms with E-state index in [4.69, 9.17) is 19.2 Å². The van der Waals surface area contributed by atoms with Crippen LogP contribution >= 0.6 is 27.3 Å². The quantitative estimate of drug-likeness (QED) is 0.294. The van der Waals surface area contributed by atoms with E-state index in [-0.39, 0.29) is 4.90 Å². The van der Waals surface area contributed by atoms with Crippen LogP contribution in [0.1, 0.15) is 12.7 Å². The zero-order chi connectivity index (χ0) is 25.1.